The third-order valence-corrected chi connectivity index (χ3v) is 7.65. The average molecular weight is 496 g/mol. The number of piperidine rings is 1. The molecule has 1 aliphatic heterocycles. The molecule has 0 saturated carbocycles. The fourth-order valence-electron chi connectivity index (χ4n) is 4.72. The Morgan fingerprint density at radius 1 is 1.15 bits per heavy atom. The number of fused-ring (bicyclic) bond motifs is 1. The van der Waals surface area contributed by atoms with Crippen molar-refractivity contribution in [1.82, 2.24) is 14.5 Å². The summed E-state index contributed by atoms with van der Waals surface area (Å²) in [5, 5.41) is 10.5. The summed E-state index contributed by atoms with van der Waals surface area (Å²) >= 11 is 7.74. The Morgan fingerprint density at radius 3 is 2.74 bits per heavy atom. The summed E-state index contributed by atoms with van der Waals surface area (Å²) < 4.78 is 8.84. The van der Waals surface area contributed by atoms with Crippen LogP contribution in [0.3, 0.4) is 0 Å². The van der Waals surface area contributed by atoms with Gasteiger partial charge in [0.15, 0.2) is 0 Å². The highest BCUT2D eigenvalue weighted by Crippen LogP contribution is 2.34. The average Bonchev–Trinajstić information content (AvgIpc) is 3.43. The number of pyridine rings is 1. The van der Waals surface area contributed by atoms with Crippen LogP contribution in [0.5, 0.6) is 5.75 Å². The number of thiophene rings is 1. The van der Waals surface area contributed by atoms with Crippen LogP contribution in [0.2, 0.25) is 4.34 Å². The van der Waals surface area contributed by atoms with Crippen LogP contribution in [0, 0.1) is 0 Å². The Balaban J connectivity index is 1.21. The quantitative estimate of drug-likeness (QED) is 0.337. The van der Waals surface area contributed by atoms with Gasteiger partial charge in [-0.05, 0) is 73.8 Å². The molecule has 8 heteroatoms. The molecular formula is C26H26ClN3O3S. The molecule has 1 N–H and O–H groups in total. The van der Waals surface area contributed by atoms with E-state index in [0.29, 0.717) is 18.3 Å². The molecule has 3 aromatic heterocycles. The lowest BCUT2D eigenvalue weighted by Gasteiger charge is -2.31. The second-order valence-corrected chi connectivity index (χ2v) is 10.4. The van der Waals surface area contributed by atoms with Crippen molar-refractivity contribution in [3.63, 3.8) is 0 Å². The Bertz CT molecular complexity index is 1290. The number of aromatic nitrogens is 2. The van der Waals surface area contributed by atoms with Crippen molar-refractivity contribution < 1.29 is 14.6 Å². The number of nitrogens with zero attached hydrogens (tertiary/aromatic N) is 3. The van der Waals surface area contributed by atoms with Crippen molar-refractivity contribution in [2.45, 2.75) is 25.3 Å². The van der Waals surface area contributed by atoms with Gasteiger partial charge in [0.25, 0.3) is 0 Å². The molecule has 1 saturated heterocycles. The van der Waals surface area contributed by atoms with Crippen LogP contribution in [-0.4, -0.2) is 51.8 Å². The summed E-state index contributed by atoms with van der Waals surface area (Å²) in [6, 6.07) is 15.0. The molecule has 1 aliphatic rings. The van der Waals surface area contributed by atoms with Gasteiger partial charge in [0, 0.05) is 29.2 Å². The van der Waals surface area contributed by atoms with Gasteiger partial charge >= 0.3 is 5.97 Å². The van der Waals surface area contributed by atoms with E-state index < -0.39 is 5.97 Å². The molecule has 4 aromatic rings. The van der Waals surface area contributed by atoms with Crippen molar-refractivity contribution >= 4 is 39.9 Å². The van der Waals surface area contributed by atoms with Gasteiger partial charge in [-0.25, -0.2) is 9.78 Å². The van der Waals surface area contributed by atoms with Gasteiger partial charge in [0.2, 0.25) is 0 Å². The second kappa shape index (κ2) is 10.2. The first-order valence-electron chi connectivity index (χ1n) is 11.4. The van der Waals surface area contributed by atoms with Crippen molar-refractivity contribution in [1.29, 1.82) is 0 Å². The zero-order valence-electron chi connectivity index (χ0n) is 18.7. The van der Waals surface area contributed by atoms with Gasteiger partial charge in [-0.2, -0.15) is 0 Å². The molecule has 0 spiro atoms. The third kappa shape index (κ3) is 4.97. The SMILES string of the molecule is O=C(O)c1ccccc1OCCN1CCC(c2cn(Cc3ccc(Cl)s3)c3ncccc23)CC1. The molecule has 1 fully saturated rings. The number of likely N-dealkylation sites (tertiary alicyclic amines) is 1. The monoisotopic (exact) mass is 495 g/mol. The highest BCUT2D eigenvalue weighted by molar-refractivity contribution is 7.16. The van der Waals surface area contributed by atoms with Gasteiger partial charge in [0.1, 0.15) is 23.6 Å². The number of carbonyl (C=O) groups is 1. The minimum Gasteiger partial charge on any atom is -0.491 e. The first kappa shape index (κ1) is 22.9. The minimum absolute atomic E-state index is 0.205. The van der Waals surface area contributed by atoms with Gasteiger partial charge in [-0.15, -0.1) is 11.3 Å². The maximum atomic E-state index is 11.4. The summed E-state index contributed by atoms with van der Waals surface area (Å²) in [7, 11) is 0. The minimum atomic E-state index is -0.966. The number of hydrogen-bond donors (Lipinski definition) is 1. The lowest BCUT2D eigenvalue weighted by Crippen LogP contribution is -2.35. The number of aromatic carboxylic acids is 1. The van der Waals surface area contributed by atoms with E-state index >= 15 is 0 Å². The van der Waals surface area contributed by atoms with Crippen LogP contribution in [0.25, 0.3) is 11.0 Å². The standard InChI is InChI=1S/C26H26ClN3O3S/c27-24-8-7-19(34-24)16-30-17-22(20-5-3-11-28-25(20)30)18-9-12-29(13-10-18)14-15-33-23-6-2-1-4-21(23)26(31)32/h1-8,11,17-18H,9-10,12-16H2,(H,31,32). The molecule has 176 valence electrons. The van der Waals surface area contributed by atoms with Crippen LogP contribution < -0.4 is 4.74 Å². The third-order valence-electron chi connectivity index (χ3n) is 6.43. The summed E-state index contributed by atoms with van der Waals surface area (Å²) in [4.78, 5) is 19.6. The number of benzene rings is 1. The van der Waals surface area contributed by atoms with Gasteiger partial charge in [-0.3, -0.25) is 4.90 Å². The molecule has 5 rings (SSSR count). The topological polar surface area (TPSA) is 67.6 Å². The molecule has 6 nitrogen and oxygen atoms in total. The van der Waals surface area contributed by atoms with Crippen molar-refractivity contribution in [3.8, 4) is 5.75 Å². The van der Waals surface area contributed by atoms with Crippen molar-refractivity contribution in [2.24, 2.45) is 0 Å². The number of carboxylic acids is 1. The van der Waals surface area contributed by atoms with Crippen molar-refractivity contribution in [2.75, 3.05) is 26.2 Å². The van der Waals surface area contributed by atoms with E-state index in [1.165, 1.54) is 15.8 Å². The summed E-state index contributed by atoms with van der Waals surface area (Å²) in [5.41, 5.74) is 2.60. The largest absolute Gasteiger partial charge is 0.491 e. The number of ether oxygens (including phenoxy) is 1. The molecular weight excluding hydrogens is 470 g/mol. The summed E-state index contributed by atoms with van der Waals surface area (Å²) in [6.45, 7) is 4.01. The maximum Gasteiger partial charge on any atom is 0.339 e. The lowest BCUT2D eigenvalue weighted by molar-refractivity contribution is 0.0691. The van der Waals surface area contributed by atoms with E-state index in [1.54, 1.807) is 35.6 Å². The first-order valence-corrected chi connectivity index (χ1v) is 12.6. The number of rotatable bonds is 8. The maximum absolute atomic E-state index is 11.4. The molecule has 34 heavy (non-hydrogen) atoms. The smallest absolute Gasteiger partial charge is 0.339 e. The first-order chi connectivity index (χ1) is 16.6. The van der Waals surface area contributed by atoms with E-state index in [4.69, 9.17) is 16.3 Å². The molecule has 4 heterocycles. The number of hydrogen-bond acceptors (Lipinski definition) is 5. The molecule has 0 amide bonds. The van der Waals surface area contributed by atoms with Gasteiger partial charge in [-0.1, -0.05) is 23.7 Å². The number of para-hydroxylation sites is 1. The highest BCUT2D eigenvalue weighted by Gasteiger charge is 2.24. The van der Waals surface area contributed by atoms with E-state index in [-0.39, 0.29) is 5.56 Å². The van der Waals surface area contributed by atoms with E-state index in [9.17, 15) is 9.90 Å². The second-order valence-electron chi connectivity index (χ2n) is 8.56. The Labute approximate surface area is 207 Å². The summed E-state index contributed by atoms with van der Waals surface area (Å²) in [6.07, 6.45) is 6.28. The molecule has 0 radical (unpaired) electrons. The number of carboxylic acid groups (broad SMARTS) is 1. The van der Waals surface area contributed by atoms with Gasteiger partial charge < -0.3 is 14.4 Å². The normalized spacial score (nSPS) is 15.1. The van der Waals surface area contributed by atoms with E-state index in [0.717, 1.165) is 49.0 Å². The Kier molecular flexibility index (Phi) is 6.85. The molecule has 0 unspecified atom stereocenters. The van der Waals surface area contributed by atoms with Gasteiger partial charge in [0.05, 0.1) is 10.9 Å². The van der Waals surface area contributed by atoms with Crippen LogP contribution in [0.1, 0.15) is 39.6 Å². The zero-order chi connectivity index (χ0) is 23.5. The van der Waals surface area contributed by atoms with E-state index in [1.807, 2.05) is 18.3 Å². The molecule has 0 bridgehead atoms. The molecule has 0 aliphatic carbocycles. The zero-order valence-corrected chi connectivity index (χ0v) is 20.3. The van der Waals surface area contributed by atoms with Crippen LogP contribution in [0.15, 0.2) is 60.9 Å². The fourth-order valence-corrected chi connectivity index (χ4v) is 5.81. The van der Waals surface area contributed by atoms with E-state index in [2.05, 4.69) is 32.8 Å². The predicted molar refractivity (Wildman–Crippen MR) is 135 cm³/mol. The fraction of sp³-hybridized carbons (Fsp3) is 0.308. The lowest BCUT2D eigenvalue weighted by atomic mass is 9.89. The Morgan fingerprint density at radius 2 is 1.97 bits per heavy atom. The molecule has 1 aromatic carbocycles. The molecule has 0 atom stereocenters. The van der Waals surface area contributed by atoms with Crippen LogP contribution >= 0.6 is 22.9 Å². The predicted octanol–water partition coefficient (Wildman–Crippen LogP) is 5.76. The Hall–Kier alpha value is -2.87. The van der Waals surface area contributed by atoms with Crippen molar-refractivity contribution in [3.05, 3.63) is 81.3 Å². The van der Waals surface area contributed by atoms with Crippen LogP contribution in [-0.2, 0) is 6.54 Å². The highest BCUT2D eigenvalue weighted by atomic mass is 35.5. The van der Waals surface area contributed by atoms with Crippen LogP contribution in [0.4, 0.5) is 0 Å². The number of halogens is 1. The summed E-state index contributed by atoms with van der Waals surface area (Å²) in [5.74, 6) is -0.0470.